The van der Waals surface area contributed by atoms with Crippen LogP contribution in [-0.2, 0) is 13.2 Å². The summed E-state index contributed by atoms with van der Waals surface area (Å²) in [6.45, 7) is 2.14. The lowest BCUT2D eigenvalue weighted by molar-refractivity contribution is 0.280. The van der Waals surface area contributed by atoms with Crippen molar-refractivity contribution in [2.75, 3.05) is 6.61 Å². The molecule has 1 heterocycles. The lowest BCUT2D eigenvalue weighted by atomic mass is 10.0. The Kier molecular flexibility index (Phi) is 3.63. The fourth-order valence-electron chi connectivity index (χ4n) is 2.30. The summed E-state index contributed by atoms with van der Waals surface area (Å²) in [7, 11) is 0. The van der Waals surface area contributed by atoms with Gasteiger partial charge in [0.05, 0.1) is 11.6 Å². The molecule has 0 saturated heterocycles. The Morgan fingerprint density at radius 3 is 2.83 bits per heavy atom. The van der Waals surface area contributed by atoms with Gasteiger partial charge in [-0.05, 0) is 31.5 Å². The number of alkyl halides is 1. The van der Waals surface area contributed by atoms with Gasteiger partial charge in [0.2, 0.25) is 0 Å². The van der Waals surface area contributed by atoms with Crippen LogP contribution in [0.5, 0.6) is 0 Å². The molecule has 2 aromatic rings. The number of aliphatic hydroxyl groups excluding tert-OH is 1. The highest BCUT2D eigenvalue weighted by atomic mass is 19.1. The molecule has 0 atom stereocenters. The standard InChI is InChI=1S/C14H15FN2O/c1-10-7-12-13(8-15)11(9-16)3-4-14(12)17(10)5-2-6-18/h3-4,7,18H,2,5-6,8H2,1H3. The summed E-state index contributed by atoms with van der Waals surface area (Å²) >= 11 is 0. The van der Waals surface area contributed by atoms with Crippen LogP contribution in [0.25, 0.3) is 10.9 Å². The summed E-state index contributed by atoms with van der Waals surface area (Å²) in [4.78, 5) is 0. The number of halogens is 1. The van der Waals surface area contributed by atoms with E-state index >= 15 is 0 Å². The second kappa shape index (κ2) is 5.19. The van der Waals surface area contributed by atoms with E-state index < -0.39 is 6.67 Å². The van der Waals surface area contributed by atoms with Crippen molar-refractivity contribution in [3.63, 3.8) is 0 Å². The number of aryl methyl sites for hydroxylation is 2. The smallest absolute Gasteiger partial charge is 0.116 e. The maximum absolute atomic E-state index is 13.1. The van der Waals surface area contributed by atoms with Gasteiger partial charge in [0.25, 0.3) is 0 Å². The normalized spacial score (nSPS) is 10.8. The van der Waals surface area contributed by atoms with Gasteiger partial charge < -0.3 is 9.67 Å². The Labute approximate surface area is 105 Å². The minimum atomic E-state index is -0.635. The van der Waals surface area contributed by atoms with E-state index in [1.54, 1.807) is 6.07 Å². The maximum atomic E-state index is 13.1. The van der Waals surface area contributed by atoms with Crippen molar-refractivity contribution in [3.8, 4) is 6.07 Å². The molecule has 2 rings (SSSR count). The van der Waals surface area contributed by atoms with E-state index in [0.29, 0.717) is 24.1 Å². The third-order valence-corrected chi connectivity index (χ3v) is 3.20. The van der Waals surface area contributed by atoms with Crippen LogP contribution in [-0.4, -0.2) is 16.3 Å². The number of aromatic nitrogens is 1. The summed E-state index contributed by atoms with van der Waals surface area (Å²) in [5.74, 6) is 0. The molecule has 0 amide bonds. The lowest BCUT2D eigenvalue weighted by Crippen LogP contribution is -2.02. The highest BCUT2D eigenvalue weighted by Gasteiger charge is 2.12. The van der Waals surface area contributed by atoms with Gasteiger partial charge in [-0.15, -0.1) is 0 Å². The average molecular weight is 246 g/mol. The van der Waals surface area contributed by atoms with Crippen LogP contribution in [0.3, 0.4) is 0 Å². The van der Waals surface area contributed by atoms with Crippen molar-refractivity contribution in [3.05, 3.63) is 35.0 Å². The van der Waals surface area contributed by atoms with Crippen LogP contribution < -0.4 is 0 Å². The average Bonchev–Trinajstić information content (AvgIpc) is 2.70. The molecule has 0 radical (unpaired) electrons. The number of benzene rings is 1. The van der Waals surface area contributed by atoms with Crippen LogP contribution in [0.4, 0.5) is 4.39 Å². The number of nitriles is 1. The number of fused-ring (bicyclic) bond motifs is 1. The molecule has 1 N–H and O–H groups in total. The van der Waals surface area contributed by atoms with Gasteiger partial charge in [-0.25, -0.2) is 4.39 Å². The van der Waals surface area contributed by atoms with Crippen molar-refractivity contribution in [2.45, 2.75) is 26.6 Å². The maximum Gasteiger partial charge on any atom is 0.116 e. The van der Waals surface area contributed by atoms with Gasteiger partial charge in [-0.3, -0.25) is 0 Å². The quantitative estimate of drug-likeness (QED) is 0.901. The Morgan fingerprint density at radius 2 is 2.22 bits per heavy atom. The minimum Gasteiger partial charge on any atom is -0.396 e. The van der Waals surface area contributed by atoms with Gasteiger partial charge in [0.15, 0.2) is 0 Å². The first-order valence-corrected chi connectivity index (χ1v) is 5.91. The molecule has 0 aliphatic heterocycles. The molecule has 3 nitrogen and oxygen atoms in total. The monoisotopic (exact) mass is 246 g/mol. The van der Waals surface area contributed by atoms with Crippen LogP contribution >= 0.6 is 0 Å². The largest absolute Gasteiger partial charge is 0.396 e. The van der Waals surface area contributed by atoms with Gasteiger partial charge in [0.1, 0.15) is 6.67 Å². The Bertz CT molecular complexity index is 610. The third kappa shape index (κ3) is 1.98. The molecule has 0 unspecified atom stereocenters. The van der Waals surface area contributed by atoms with Crippen LogP contribution in [0.15, 0.2) is 18.2 Å². The molecule has 0 aliphatic rings. The van der Waals surface area contributed by atoms with E-state index in [1.165, 1.54) is 0 Å². The summed E-state index contributed by atoms with van der Waals surface area (Å²) in [5, 5.41) is 18.7. The van der Waals surface area contributed by atoms with Gasteiger partial charge in [-0.2, -0.15) is 5.26 Å². The number of hydrogen-bond acceptors (Lipinski definition) is 2. The zero-order valence-electron chi connectivity index (χ0n) is 10.3. The zero-order chi connectivity index (χ0) is 13.1. The van der Waals surface area contributed by atoms with Crippen molar-refractivity contribution >= 4 is 10.9 Å². The molecule has 0 saturated carbocycles. The third-order valence-electron chi connectivity index (χ3n) is 3.20. The number of rotatable bonds is 4. The molecule has 0 bridgehead atoms. The first kappa shape index (κ1) is 12.6. The van der Waals surface area contributed by atoms with E-state index in [1.807, 2.05) is 29.7 Å². The molecular formula is C14H15FN2O. The Morgan fingerprint density at radius 1 is 1.44 bits per heavy atom. The van der Waals surface area contributed by atoms with Crippen molar-refractivity contribution < 1.29 is 9.50 Å². The first-order chi connectivity index (χ1) is 8.72. The molecule has 0 aliphatic carbocycles. The zero-order valence-corrected chi connectivity index (χ0v) is 10.3. The molecule has 0 fully saturated rings. The lowest BCUT2D eigenvalue weighted by Gasteiger charge is -2.08. The summed E-state index contributed by atoms with van der Waals surface area (Å²) < 4.78 is 15.1. The first-order valence-electron chi connectivity index (χ1n) is 5.91. The predicted molar refractivity (Wildman–Crippen MR) is 67.9 cm³/mol. The van der Waals surface area contributed by atoms with Crippen LogP contribution in [0.1, 0.15) is 23.2 Å². The van der Waals surface area contributed by atoms with E-state index in [0.717, 1.165) is 16.6 Å². The number of nitrogens with zero attached hydrogens (tertiary/aromatic N) is 2. The molecule has 18 heavy (non-hydrogen) atoms. The van der Waals surface area contributed by atoms with Gasteiger partial charge in [-0.1, -0.05) is 0 Å². The molecular weight excluding hydrogens is 231 g/mol. The summed E-state index contributed by atoms with van der Waals surface area (Å²) in [6.07, 6.45) is 0.662. The Balaban J connectivity index is 2.63. The highest BCUT2D eigenvalue weighted by Crippen LogP contribution is 2.27. The second-order valence-corrected chi connectivity index (χ2v) is 4.28. The molecule has 4 heteroatoms. The van der Waals surface area contributed by atoms with Crippen LogP contribution in [0.2, 0.25) is 0 Å². The second-order valence-electron chi connectivity index (χ2n) is 4.28. The van der Waals surface area contributed by atoms with Crippen molar-refractivity contribution in [1.82, 2.24) is 4.57 Å². The summed E-state index contributed by atoms with van der Waals surface area (Å²) in [5.41, 5.74) is 2.79. The Hall–Kier alpha value is -1.86. The fraction of sp³-hybridized carbons (Fsp3) is 0.357. The number of aliphatic hydroxyl groups is 1. The minimum absolute atomic E-state index is 0.130. The molecule has 94 valence electrons. The number of hydrogen-bond donors (Lipinski definition) is 1. The van der Waals surface area contributed by atoms with Gasteiger partial charge in [0, 0.05) is 35.3 Å². The van der Waals surface area contributed by atoms with E-state index in [2.05, 4.69) is 0 Å². The van der Waals surface area contributed by atoms with E-state index in [4.69, 9.17) is 10.4 Å². The highest BCUT2D eigenvalue weighted by molar-refractivity contribution is 5.86. The van der Waals surface area contributed by atoms with Crippen LogP contribution in [0, 0.1) is 18.3 Å². The molecule has 1 aromatic carbocycles. The SMILES string of the molecule is Cc1cc2c(CF)c(C#N)ccc2n1CCCO. The van der Waals surface area contributed by atoms with E-state index in [-0.39, 0.29) is 6.61 Å². The molecule has 1 aromatic heterocycles. The van der Waals surface area contributed by atoms with Crippen molar-refractivity contribution in [1.29, 1.82) is 5.26 Å². The van der Waals surface area contributed by atoms with Crippen molar-refractivity contribution in [2.24, 2.45) is 0 Å². The van der Waals surface area contributed by atoms with Gasteiger partial charge >= 0.3 is 0 Å². The molecule has 0 spiro atoms. The topological polar surface area (TPSA) is 49.0 Å². The fourth-order valence-corrected chi connectivity index (χ4v) is 2.30. The van der Waals surface area contributed by atoms with E-state index in [9.17, 15) is 4.39 Å². The predicted octanol–water partition coefficient (Wildman–Crippen LogP) is 2.67. The summed E-state index contributed by atoms with van der Waals surface area (Å²) in [6, 6.07) is 7.43.